The lowest BCUT2D eigenvalue weighted by molar-refractivity contribution is -0.141. The van der Waals surface area contributed by atoms with Gasteiger partial charge in [-0.3, -0.25) is 9.59 Å². The van der Waals surface area contributed by atoms with Crippen LogP contribution in [0.2, 0.25) is 0 Å². The first-order valence-corrected chi connectivity index (χ1v) is 9.40. The molecule has 1 unspecified atom stereocenters. The van der Waals surface area contributed by atoms with Crippen LogP contribution in [0, 0.1) is 17.8 Å². The fraction of sp³-hybridized carbons (Fsp3) is 0.889. The van der Waals surface area contributed by atoms with E-state index in [0.717, 1.165) is 57.9 Å². The molecule has 0 bridgehead atoms. The van der Waals surface area contributed by atoms with Crippen molar-refractivity contribution >= 4 is 11.8 Å². The van der Waals surface area contributed by atoms with Gasteiger partial charge in [0.25, 0.3) is 0 Å². The highest BCUT2D eigenvalue weighted by atomic mass is 16.2. The summed E-state index contributed by atoms with van der Waals surface area (Å²) in [4.78, 5) is 28.8. The Labute approximate surface area is 139 Å². The van der Waals surface area contributed by atoms with Gasteiger partial charge < -0.3 is 15.1 Å². The molecular weight excluding hydrogens is 290 g/mol. The zero-order valence-electron chi connectivity index (χ0n) is 14.4. The van der Waals surface area contributed by atoms with Gasteiger partial charge in [0.05, 0.1) is 6.54 Å². The minimum Gasteiger partial charge on any atom is -0.342 e. The van der Waals surface area contributed by atoms with E-state index in [9.17, 15) is 9.59 Å². The summed E-state index contributed by atoms with van der Waals surface area (Å²) >= 11 is 0. The van der Waals surface area contributed by atoms with Crippen LogP contribution in [-0.2, 0) is 9.59 Å². The average molecular weight is 321 g/mol. The van der Waals surface area contributed by atoms with E-state index in [1.54, 1.807) is 0 Å². The molecule has 0 aromatic rings. The maximum Gasteiger partial charge on any atom is 0.236 e. The van der Waals surface area contributed by atoms with Gasteiger partial charge >= 0.3 is 0 Å². The number of amides is 2. The average Bonchev–Trinajstić information content (AvgIpc) is 3.38. The molecule has 0 spiro atoms. The lowest BCUT2D eigenvalue weighted by Crippen LogP contribution is -2.48. The molecule has 130 valence electrons. The van der Waals surface area contributed by atoms with Crippen molar-refractivity contribution in [3.05, 3.63) is 0 Å². The third-order valence-electron chi connectivity index (χ3n) is 5.57. The summed E-state index contributed by atoms with van der Waals surface area (Å²) in [5.74, 6) is 2.09. The number of nitrogens with zero attached hydrogens (tertiary/aromatic N) is 2. The van der Waals surface area contributed by atoms with Crippen LogP contribution in [0.5, 0.6) is 0 Å². The molecule has 2 aliphatic heterocycles. The summed E-state index contributed by atoms with van der Waals surface area (Å²) in [6, 6.07) is 0. The minimum atomic E-state index is 0.128. The van der Waals surface area contributed by atoms with Crippen molar-refractivity contribution in [1.82, 2.24) is 15.1 Å². The Morgan fingerprint density at radius 2 is 1.74 bits per heavy atom. The standard InChI is InChI=1S/C18H31N3O2/c1-14-3-2-8-21(13-14)18(23)16-6-9-20(10-7-16)17(22)12-19-11-15-4-5-15/h14-16,19H,2-13H2,1H3. The number of likely N-dealkylation sites (tertiary alicyclic amines) is 2. The smallest absolute Gasteiger partial charge is 0.236 e. The molecule has 2 saturated heterocycles. The SMILES string of the molecule is CC1CCCN(C(=O)C2CCN(C(=O)CNCC3CC3)CC2)C1. The van der Waals surface area contributed by atoms with Gasteiger partial charge in [-0.05, 0) is 56.9 Å². The highest BCUT2D eigenvalue weighted by molar-refractivity contribution is 5.81. The molecule has 2 amide bonds. The number of carbonyl (C=O) groups excluding carboxylic acids is 2. The van der Waals surface area contributed by atoms with E-state index < -0.39 is 0 Å². The van der Waals surface area contributed by atoms with Gasteiger partial charge in [0.15, 0.2) is 0 Å². The summed E-state index contributed by atoms with van der Waals surface area (Å²) in [7, 11) is 0. The molecule has 5 heteroatoms. The van der Waals surface area contributed by atoms with Crippen molar-refractivity contribution in [2.75, 3.05) is 39.3 Å². The van der Waals surface area contributed by atoms with E-state index in [1.807, 2.05) is 4.90 Å². The van der Waals surface area contributed by atoms with Crippen molar-refractivity contribution in [1.29, 1.82) is 0 Å². The number of carbonyl (C=O) groups is 2. The molecule has 3 fully saturated rings. The highest BCUT2D eigenvalue weighted by Gasteiger charge is 2.31. The second kappa shape index (κ2) is 7.65. The summed E-state index contributed by atoms with van der Waals surface area (Å²) < 4.78 is 0. The van der Waals surface area contributed by atoms with Crippen molar-refractivity contribution in [3.63, 3.8) is 0 Å². The van der Waals surface area contributed by atoms with Crippen molar-refractivity contribution in [2.24, 2.45) is 17.8 Å². The van der Waals surface area contributed by atoms with E-state index >= 15 is 0 Å². The molecule has 1 aliphatic carbocycles. The normalized spacial score (nSPS) is 26.4. The van der Waals surface area contributed by atoms with Crippen LogP contribution < -0.4 is 5.32 Å². The fourth-order valence-corrected chi connectivity index (χ4v) is 3.84. The molecule has 23 heavy (non-hydrogen) atoms. The minimum absolute atomic E-state index is 0.128. The molecule has 1 atom stereocenters. The van der Waals surface area contributed by atoms with Crippen molar-refractivity contribution in [3.8, 4) is 0 Å². The lowest BCUT2D eigenvalue weighted by Gasteiger charge is -2.37. The fourth-order valence-electron chi connectivity index (χ4n) is 3.84. The second-order valence-electron chi connectivity index (χ2n) is 7.76. The van der Waals surface area contributed by atoms with Crippen molar-refractivity contribution in [2.45, 2.75) is 45.4 Å². The Balaban J connectivity index is 1.38. The third kappa shape index (κ3) is 4.69. The topological polar surface area (TPSA) is 52.7 Å². The number of piperidine rings is 2. The highest BCUT2D eigenvalue weighted by Crippen LogP contribution is 2.27. The van der Waals surface area contributed by atoms with Crippen LogP contribution >= 0.6 is 0 Å². The second-order valence-corrected chi connectivity index (χ2v) is 7.76. The first-order chi connectivity index (χ1) is 11.1. The predicted octanol–water partition coefficient (Wildman–Crippen LogP) is 1.48. The van der Waals surface area contributed by atoms with Gasteiger partial charge in [-0.15, -0.1) is 0 Å². The first-order valence-electron chi connectivity index (χ1n) is 9.40. The number of hydrogen-bond acceptors (Lipinski definition) is 3. The molecular formula is C18H31N3O2. The maximum atomic E-state index is 12.6. The van der Waals surface area contributed by atoms with Crippen LogP contribution in [-0.4, -0.2) is 60.9 Å². The maximum absolute atomic E-state index is 12.6. The first kappa shape index (κ1) is 16.7. The molecule has 1 saturated carbocycles. The van der Waals surface area contributed by atoms with Crippen LogP contribution in [0.15, 0.2) is 0 Å². The predicted molar refractivity (Wildman–Crippen MR) is 89.9 cm³/mol. The number of hydrogen-bond donors (Lipinski definition) is 1. The summed E-state index contributed by atoms with van der Waals surface area (Å²) in [5.41, 5.74) is 0. The van der Waals surface area contributed by atoms with Gasteiger partial charge in [0, 0.05) is 32.1 Å². The molecule has 2 heterocycles. The number of nitrogens with one attached hydrogen (secondary N) is 1. The van der Waals surface area contributed by atoms with Crippen LogP contribution in [0.3, 0.4) is 0 Å². The summed E-state index contributed by atoms with van der Waals surface area (Å²) in [6.07, 6.45) is 6.66. The molecule has 5 nitrogen and oxygen atoms in total. The van der Waals surface area contributed by atoms with E-state index in [1.165, 1.54) is 19.3 Å². The Morgan fingerprint density at radius 1 is 1.00 bits per heavy atom. The number of rotatable bonds is 5. The Hall–Kier alpha value is -1.10. The molecule has 0 radical (unpaired) electrons. The van der Waals surface area contributed by atoms with Gasteiger partial charge in [0.2, 0.25) is 11.8 Å². The Morgan fingerprint density at radius 3 is 2.39 bits per heavy atom. The largest absolute Gasteiger partial charge is 0.342 e. The van der Waals surface area contributed by atoms with E-state index in [4.69, 9.17) is 0 Å². The van der Waals surface area contributed by atoms with Crippen LogP contribution in [0.4, 0.5) is 0 Å². The molecule has 3 rings (SSSR count). The molecule has 3 aliphatic rings. The molecule has 0 aromatic heterocycles. The van der Waals surface area contributed by atoms with Crippen LogP contribution in [0.25, 0.3) is 0 Å². The lowest BCUT2D eigenvalue weighted by atomic mass is 9.92. The third-order valence-corrected chi connectivity index (χ3v) is 5.57. The van der Waals surface area contributed by atoms with Gasteiger partial charge in [-0.1, -0.05) is 6.92 Å². The zero-order chi connectivity index (χ0) is 16.2. The zero-order valence-corrected chi connectivity index (χ0v) is 14.4. The Kier molecular flexibility index (Phi) is 5.57. The van der Waals surface area contributed by atoms with Crippen molar-refractivity contribution < 1.29 is 9.59 Å². The van der Waals surface area contributed by atoms with E-state index in [-0.39, 0.29) is 11.8 Å². The summed E-state index contributed by atoms with van der Waals surface area (Å²) in [6.45, 7) is 6.99. The van der Waals surface area contributed by atoms with Gasteiger partial charge in [-0.2, -0.15) is 0 Å². The quantitative estimate of drug-likeness (QED) is 0.834. The summed E-state index contributed by atoms with van der Waals surface area (Å²) in [5, 5.41) is 3.27. The Bertz CT molecular complexity index is 428. The van der Waals surface area contributed by atoms with Gasteiger partial charge in [-0.25, -0.2) is 0 Å². The molecule has 0 aromatic carbocycles. The van der Waals surface area contributed by atoms with E-state index in [2.05, 4.69) is 17.1 Å². The molecule has 1 N–H and O–H groups in total. The van der Waals surface area contributed by atoms with E-state index in [0.29, 0.717) is 18.4 Å². The van der Waals surface area contributed by atoms with Gasteiger partial charge in [0.1, 0.15) is 0 Å². The van der Waals surface area contributed by atoms with Crippen LogP contribution in [0.1, 0.15) is 45.4 Å². The monoisotopic (exact) mass is 321 g/mol.